The van der Waals surface area contributed by atoms with Gasteiger partial charge in [0.15, 0.2) is 10.8 Å². The van der Waals surface area contributed by atoms with Gasteiger partial charge in [-0.05, 0) is 13.0 Å². The van der Waals surface area contributed by atoms with E-state index in [4.69, 9.17) is 4.74 Å². The van der Waals surface area contributed by atoms with Crippen molar-refractivity contribution in [3.05, 3.63) is 29.5 Å². The summed E-state index contributed by atoms with van der Waals surface area (Å²) < 4.78 is 5.18. The predicted molar refractivity (Wildman–Crippen MR) is 91.3 cm³/mol. The van der Waals surface area contributed by atoms with Crippen LogP contribution in [0.25, 0.3) is 10.8 Å². The first-order valence-electron chi connectivity index (χ1n) is 7.93. The summed E-state index contributed by atoms with van der Waals surface area (Å²) in [6, 6.07) is 2.37. The van der Waals surface area contributed by atoms with Crippen LogP contribution < -0.4 is 0 Å². The molecule has 1 aliphatic heterocycles. The summed E-state index contributed by atoms with van der Waals surface area (Å²) in [6.07, 6.45) is 3.51. The van der Waals surface area contributed by atoms with Crippen molar-refractivity contribution in [2.75, 3.05) is 39.9 Å². The van der Waals surface area contributed by atoms with Crippen molar-refractivity contribution in [2.45, 2.75) is 19.5 Å². The van der Waals surface area contributed by atoms with E-state index in [0.717, 1.165) is 50.0 Å². The van der Waals surface area contributed by atoms with Gasteiger partial charge in [0.25, 0.3) is 0 Å². The summed E-state index contributed by atoms with van der Waals surface area (Å²) >= 11 is 1.61. The molecular formula is C16H23N5OS. The van der Waals surface area contributed by atoms with Crippen molar-refractivity contribution in [1.29, 1.82) is 0 Å². The molecule has 7 heteroatoms. The highest BCUT2D eigenvalue weighted by atomic mass is 32.1. The Bertz CT molecular complexity index is 606. The quantitative estimate of drug-likeness (QED) is 0.803. The predicted octanol–water partition coefficient (Wildman–Crippen LogP) is 1.75. The summed E-state index contributed by atoms with van der Waals surface area (Å²) in [7, 11) is 1.76. The molecular weight excluding hydrogens is 310 g/mol. The van der Waals surface area contributed by atoms with Crippen LogP contribution in [0.1, 0.15) is 12.6 Å². The maximum atomic E-state index is 5.18. The molecule has 1 unspecified atom stereocenters. The fourth-order valence-electron chi connectivity index (χ4n) is 2.88. The highest BCUT2D eigenvalue weighted by Gasteiger charge is 2.23. The van der Waals surface area contributed by atoms with Crippen molar-refractivity contribution < 1.29 is 4.74 Å². The van der Waals surface area contributed by atoms with Gasteiger partial charge in [-0.15, -0.1) is 11.3 Å². The number of hydrogen-bond donors (Lipinski definition) is 0. The lowest BCUT2D eigenvalue weighted by Gasteiger charge is -2.39. The Kier molecular flexibility index (Phi) is 5.66. The highest BCUT2D eigenvalue weighted by molar-refractivity contribution is 7.13. The Balaban J connectivity index is 1.56. The summed E-state index contributed by atoms with van der Waals surface area (Å²) in [5.41, 5.74) is 1.11. The minimum atomic E-state index is 0.550. The lowest BCUT2D eigenvalue weighted by atomic mass is 10.2. The molecule has 0 spiro atoms. The normalized spacial score (nSPS) is 20.0. The van der Waals surface area contributed by atoms with Gasteiger partial charge in [0.1, 0.15) is 0 Å². The SMILES string of the molecule is COCCN1CCN(Cc2csc(-c3ncccn3)n2)CC1C. The average molecular weight is 333 g/mol. The lowest BCUT2D eigenvalue weighted by Crippen LogP contribution is -2.52. The van der Waals surface area contributed by atoms with E-state index in [2.05, 4.69) is 37.1 Å². The van der Waals surface area contributed by atoms with Crippen molar-refractivity contribution in [3.8, 4) is 10.8 Å². The highest BCUT2D eigenvalue weighted by Crippen LogP contribution is 2.21. The molecule has 3 heterocycles. The first-order chi connectivity index (χ1) is 11.3. The van der Waals surface area contributed by atoms with Gasteiger partial charge >= 0.3 is 0 Å². The number of nitrogens with zero attached hydrogens (tertiary/aromatic N) is 5. The number of aromatic nitrogens is 3. The van der Waals surface area contributed by atoms with Gasteiger partial charge in [-0.2, -0.15) is 0 Å². The molecule has 2 aromatic rings. The van der Waals surface area contributed by atoms with E-state index in [1.807, 2.05) is 6.07 Å². The number of methoxy groups -OCH3 is 1. The van der Waals surface area contributed by atoms with E-state index >= 15 is 0 Å². The molecule has 1 aliphatic rings. The molecule has 23 heavy (non-hydrogen) atoms. The molecule has 124 valence electrons. The Morgan fingerprint density at radius 2 is 2.13 bits per heavy atom. The van der Waals surface area contributed by atoms with Gasteiger partial charge in [-0.1, -0.05) is 0 Å². The maximum Gasteiger partial charge on any atom is 0.188 e. The molecule has 0 amide bonds. The number of rotatable bonds is 6. The standard InChI is InChI=1S/C16H23N5OS/c1-13-10-20(6-7-21(13)8-9-22-2)11-14-12-23-16(19-14)15-17-4-3-5-18-15/h3-5,12-13H,6-11H2,1-2H3. The van der Waals surface area contributed by atoms with Gasteiger partial charge < -0.3 is 4.74 Å². The van der Waals surface area contributed by atoms with Crippen LogP contribution >= 0.6 is 11.3 Å². The van der Waals surface area contributed by atoms with Gasteiger partial charge in [-0.25, -0.2) is 15.0 Å². The van der Waals surface area contributed by atoms with E-state index < -0.39 is 0 Å². The largest absolute Gasteiger partial charge is 0.383 e. The monoisotopic (exact) mass is 333 g/mol. The molecule has 0 aromatic carbocycles. The van der Waals surface area contributed by atoms with Crippen molar-refractivity contribution in [3.63, 3.8) is 0 Å². The van der Waals surface area contributed by atoms with Crippen molar-refractivity contribution in [1.82, 2.24) is 24.8 Å². The molecule has 3 rings (SSSR count). The van der Waals surface area contributed by atoms with Gasteiger partial charge in [0.05, 0.1) is 12.3 Å². The molecule has 0 saturated carbocycles. The minimum absolute atomic E-state index is 0.550. The van der Waals surface area contributed by atoms with Crippen LogP contribution in [-0.4, -0.2) is 70.7 Å². The molecule has 2 aromatic heterocycles. The Morgan fingerprint density at radius 1 is 1.30 bits per heavy atom. The molecule has 0 N–H and O–H groups in total. The first kappa shape index (κ1) is 16.4. The third-order valence-corrected chi connectivity index (χ3v) is 5.01. The third kappa shape index (κ3) is 4.32. The molecule has 6 nitrogen and oxygen atoms in total. The molecule has 1 fully saturated rings. The second-order valence-electron chi connectivity index (χ2n) is 5.83. The maximum absolute atomic E-state index is 5.18. The van der Waals surface area contributed by atoms with E-state index in [1.54, 1.807) is 30.8 Å². The molecule has 0 aliphatic carbocycles. The first-order valence-corrected chi connectivity index (χ1v) is 8.81. The number of piperazine rings is 1. The zero-order valence-electron chi connectivity index (χ0n) is 13.7. The lowest BCUT2D eigenvalue weighted by molar-refractivity contribution is 0.0553. The fourth-order valence-corrected chi connectivity index (χ4v) is 3.63. The fraction of sp³-hybridized carbons (Fsp3) is 0.562. The van der Waals surface area contributed by atoms with Crippen LogP contribution in [0.15, 0.2) is 23.8 Å². The van der Waals surface area contributed by atoms with Crippen LogP contribution in [0.3, 0.4) is 0 Å². The van der Waals surface area contributed by atoms with Crippen LogP contribution in [0.2, 0.25) is 0 Å². The molecule has 1 atom stereocenters. The number of hydrogen-bond acceptors (Lipinski definition) is 7. The van der Waals surface area contributed by atoms with Crippen molar-refractivity contribution >= 4 is 11.3 Å². The topological polar surface area (TPSA) is 54.4 Å². The summed E-state index contributed by atoms with van der Waals surface area (Å²) in [6.45, 7) is 8.22. The smallest absolute Gasteiger partial charge is 0.188 e. The van der Waals surface area contributed by atoms with Gasteiger partial charge in [-0.3, -0.25) is 9.80 Å². The number of ether oxygens (including phenoxy) is 1. The second-order valence-corrected chi connectivity index (χ2v) is 6.69. The average Bonchev–Trinajstić information content (AvgIpc) is 3.03. The summed E-state index contributed by atoms with van der Waals surface area (Å²) in [4.78, 5) is 18.2. The van der Waals surface area contributed by atoms with E-state index in [1.165, 1.54) is 0 Å². The molecule has 0 radical (unpaired) electrons. The second kappa shape index (κ2) is 7.92. The van der Waals surface area contributed by atoms with E-state index in [0.29, 0.717) is 11.9 Å². The number of thiazole rings is 1. The summed E-state index contributed by atoms with van der Waals surface area (Å²) in [5.74, 6) is 0.710. The van der Waals surface area contributed by atoms with Crippen molar-refractivity contribution in [2.24, 2.45) is 0 Å². The van der Waals surface area contributed by atoms with Crippen LogP contribution in [0.4, 0.5) is 0 Å². The Labute approximate surface area is 141 Å². The Hall–Kier alpha value is -1.41. The summed E-state index contributed by atoms with van der Waals surface area (Å²) in [5, 5.41) is 3.01. The molecule has 1 saturated heterocycles. The van der Waals surface area contributed by atoms with Crippen LogP contribution in [-0.2, 0) is 11.3 Å². The molecule has 0 bridgehead atoms. The Morgan fingerprint density at radius 3 is 2.87 bits per heavy atom. The van der Waals surface area contributed by atoms with Gasteiger partial charge in [0, 0.05) is 63.6 Å². The van der Waals surface area contributed by atoms with Crippen LogP contribution in [0.5, 0.6) is 0 Å². The van der Waals surface area contributed by atoms with E-state index in [9.17, 15) is 0 Å². The van der Waals surface area contributed by atoms with E-state index in [-0.39, 0.29) is 0 Å². The zero-order chi connectivity index (χ0) is 16.1. The third-order valence-electron chi connectivity index (χ3n) is 4.13. The zero-order valence-corrected chi connectivity index (χ0v) is 14.5. The van der Waals surface area contributed by atoms with Gasteiger partial charge in [0.2, 0.25) is 0 Å². The van der Waals surface area contributed by atoms with Crippen LogP contribution in [0, 0.1) is 0 Å². The minimum Gasteiger partial charge on any atom is -0.383 e.